The van der Waals surface area contributed by atoms with Crippen LogP contribution >= 0.6 is 0 Å². The van der Waals surface area contributed by atoms with E-state index in [9.17, 15) is 14.7 Å². The summed E-state index contributed by atoms with van der Waals surface area (Å²) >= 11 is 0. The summed E-state index contributed by atoms with van der Waals surface area (Å²) < 4.78 is 11.8. The third-order valence-electron chi connectivity index (χ3n) is 5.11. The minimum absolute atomic E-state index is 0.119. The quantitative estimate of drug-likeness (QED) is 0.790. The topological polar surface area (TPSA) is 76.7 Å². The molecule has 1 aromatic heterocycles. The number of hydrogen-bond donors (Lipinski definition) is 1. The van der Waals surface area contributed by atoms with Crippen LogP contribution in [0.15, 0.2) is 52.8 Å². The maximum atomic E-state index is 13.3. The lowest BCUT2D eigenvalue weighted by Gasteiger charge is -2.39. The van der Waals surface area contributed by atoms with Crippen LogP contribution in [0.25, 0.3) is 0 Å². The second-order valence-electron chi connectivity index (χ2n) is 8.15. The highest BCUT2D eigenvalue weighted by atomic mass is 28.4. The van der Waals surface area contributed by atoms with E-state index < -0.39 is 26.1 Å². The number of hydrogen-bond acceptors (Lipinski definition) is 5. The number of rotatable bonds is 3. The van der Waals surface area contributed by atoms with Gasteiger partial charge >= 0.3 is 0 Å². The van der Waals surface area contributed by atoms with Gasteiger partial charge in [-0.05, 0) is 43.9 Å². The van der Waals surface area contributed by atoms with Gasteiger partial charge in [0.2, 0.25) is 8.32 Å². The first kappa shape index (κ1) is 17.8. The van der Waals surface area contributed by atoms with Crippen molar-refractivity contribution in [2.75, 3.05) is 0 Å². The number of Topliss-reactive ketones (excluding diaryl/α,β-unsaturated/α-hetero) is 2. The Bertz CT molecular complexity index is 936. The maximum Gasteiger partial charge on any atom is 0.241 e. The molecule has 0 aliphatic heterocycles. The Morgan fingerprint density at radius 2 is 1.89 bits per heavy atom. The van der Waals surface area contributed by atoms with Crippen LogP contribution in [0.3, 0.4) is 0 Å². The summed E-state index contributed by atoms with van der Waals surface area (Å²) in [5, 5.41) is 10.2. The highest BCUT2D eigenvalue weighted by Crippen LogP contribution is 2.48. The van der Waals surface area contributed by atoms with Gasteiger partial charge in [-0.1, -0.05) is 12.1 Å². The van der Waals surface area contributed by atoms with Gasteiger partial charge in [-0.2, -0.15) is 0 Å². The normalized spacial score (nSPS) is 24.9. The largest absolute Gasteiger partial charge is 0.548 e. The number of furan rings is 1. The lowest BCUT2D eigenvalue weighted by molar-refractivity contribution is 0.0679. The number of phenols is 1. The van der Waals surface area contributed by atoms with Crippen molar-refractivity contribution >= 4 is 19.9 Å². The first-order chi connectivity index (χ1) is 12.8. The lowest BCUT2D eigenvalue weighted by atomic mass is 9.64. The van der Waals surface area contributed by atoms with Gasteiger partial charge in [0, 0.05) is 29.7 Å². The van der Waals surface area contributed by atoms with E-state index in [1.54, 1.807) is 24.5 Å². The predicted octanol–water partition coefficient (Wildman–Crippen LogP) is 4.52. The summed E-state index contributed by atoms with van der Waals surface area (Å²) in [6.07, 6.45) is 3.88. The fourth-order valence-corrected chi connectivity index (χ4v) is 5.09. The lowest BCUT2D eigenvalue weighted by Crippen LogP contribution is -2.42. The molecule has 2 aliphatic carbocycles. The van der Waals surface area contributed by atoms with Crippen LogP contribution in [0, 0.1) is 11.8 Å². The van der Waals surface area contributed by atoms with Crippen molar-refractivity contribution in [3.05, 3.63) is 65.3 Å². The Balaban J connectivity index is 1.85. The number of allylic oxidation sites excluding steroid dienone is 2. The van der Waals surface area contributed by atoms with Crippen molar-refractivity contribution in [2.24, 2.45) is 11.8 Å². The molecule has 0 fully saturated rings. The molecule has 0 saturated carbocycles. The van der Waals surface area contributed by atoms with Crippen LogP contribution in [-0.2, 0) is 4.43 Å². The van der Waals surface area contributed by atoms with Gasteiger partial charge in [-0.15, -0.1) is 0 Å². The molecule has 0 bridgehead atoms. The molecule has 0 unspecified atom stereocenters. The molecule has 2 aliphatic rings. The average Bonchev–Trinajstić information content (AvgIpc) is 3.12. The molecule has 4 rings (SSSR count). The Kier molecular flexibility index (Phi) is 4.11. The number of benzene rings is 1. The molecule has 3 atom stereocenters. The van der Waals surface area contributed by atoms with Crippen molar-refractivity contribution in [3.8, 4) is 5.75 Å². The molecule has 1 N–H and O–H groups in total. The van der Waals surface area contributed by atoms with Crippen LogP contribution in [0.4, 0.5) is 0 Å². The van der Waals surface area contributed by atoms with E-state index in [0.717, 1.165) is 5.76 Å². The zero-order valence-corrected chi connectivity index (χ0v) is 16.6. The molecule has 27 heavy (non-hydrogen) atoms. The smallest absolute Gasteiger partial charge is 0.241 e. The van der Waals surface area contributed by atoms with Crippen molar-refractivity contribution in [1.82, 2.24) is 0 Å². The van der Waals surface area contributed by atoms with E-state index in [1.165, 1.54) is 6.07 Å². The van der Waals surface area contributed by atoms with Crippen LogP contribution in [-0.4, -0.2) is 25.0 Å². The molecule has 6 heteroatoms. The Hall–Kier alpha value is -2.60. The number of ketones is 2. The maximum absolute atomic E-state index is 13.3. The molecule has 0 radical (unpaired) electrons. The van der Waals surface area contributed by atoms with Crippen molar-refractivity contribution in [2.45, 2.75) is 32.0 Å². The molecule has 1 aromatic carbocycles. The summed E-state index contributed by atoms with van der Waals surface area (Å²) in [7, 11) is -1.87. The van der Waals surface area contributed by atoms with Gasteiger partial charge in [0.25, 0.3) is 0 Å². The molecule has 140 valence electrons. The number of carbonyl (C=O) groups is 2. The van der Waals surface area contributed by atoms with E-state index in [0.29, 0.717) is 17.7 Å². The third-order valence-corrected chi connectivity index (χ3v) is 5.98. The van der Waals surface area contributed by atoms with Gasteiger partial charge in [0.15, 0.2) is 11.6 Å². The Labute approximate surface area is 158 Å². The van der Waals surface area contributed by atoms with Crippen molar-refractivity contribution in [1.29, 1.82) is 0 Å². The molecular formula is C21H22O5Si. The number of aromatic hydroxyl groups is 1. The molecular weight excluding hydrogens is 360 g/mol. The average molecular weight is 382 g/mol. The van der Waals surface area contributed by atoms with E-state index in [1.807, 2.05) is 12.1 Å². The van der Waals surface area contributed by atoms with E-state index >= 15 is 0 Å². The zero-order chi connectivity index (χ0) is 19.3. The highest BCUT2D eigenvalue weighted by molar-refractivity contribution is 6.70. The fourth-order valence-electron chi connectivity index (χ4n) is 4.15. The van der Waals surface area contributed by atoms with E-state index in [-0.39, 0.29) is 22.9 Å². The van der Waals surface area contributed by atoms with E-state index in [4.69, 9.17) is 8.84 Å². The van der Waals surface area contributed by atoms with Gasteiger partial charge < -0.3 is 13.9 Å². The molecule has 0 amide bonds. The Morgan fingerprint density at radius 3 is 2.56 bits per heavy atom. The van der Waals surface area contributed by atoms with Crippen molar-refractivity contribution < 1.29 is 23.5 Å². The van der Waals surface area contributed by atoms with Crippen molar-refractivity contribution in [3.63, 3.8) is 0 Å². The molecule has 2 aromatic rings. The van der Waals surface area contributed by atoms with E-state index in [2.05, 4.69) is 19.6 Å². The number of phenolic OH excluding ortho intramolecular Hbond substituents is 1. The summed E-state index contributed by atoms with van der Waals surface area (Å²) in [5.41, 5.74) is 0.428. The summed E-state index contributed by atoms with van der Waals surface area (Å²) in [6.45, 7) is 6.26. The van der Waals surface area contributed by atoms with Gasteiger partial charge in [0.1, 0.15) is 11.5 Å². The summed E-state index contributed by atoms with van der Waals surface area (Å²) in [6, 6.07) is 8.25. The minimum atomic E-state index is -1.87. The first-order valence-electron chi connectivity index (χ1n) is 9.10. The monoisotopic (exact) mass is 382 g/mol. The van der Waals surface area contributed by atoms with Gasteiger partial charge in [0.05, 0.1) is 17.6 Å². The zero-order valence-electron chi connectivity index (χ0n) is 15.6. The fraction of sp³-hybridized carbons (Fsp3) is 0.333. The predicted molar refractivity (Wildman–Crippen MR) is 102 cm³/mol. The van der Waals surface area contributed by atoms with Gasteiger partial charge in [-0.25, -0.2) is 0 Å². The molecule has 0 saturated heterocycles. The van der Waals surface area contributed by atoms with Crippen LogP contribution in [0.2, 0.25) is 19.6 Å². The number of carbonyl (C=O) groups excluding carboxylic acids is 2. The molecule has 5 nitrogen and oxygen atoms in total. The third kappa shape index (κ3) is 3.04. The van der Waals surface area contributed by atoms with Crippen LogP contribution in [0.5, 0.6) is 5.75 Å². The molecule has 0 spiro atoms. The van der Waals surface area contributed by atoms with Gasteiger partial charge in [-0.3, -0.25) is 9.59 Å². The SMILES string of the molecule is C[Si](C)(C)OC1=C[C@H](c2ccco2)[C@H]2C(=O)c3c(O)cccc3C(=O)[C@H]2C1. The summed E-state index contributed by atoms with van der Waals surface area (Å²) in [4.78, 5) is 26.5. The van der Waals surface area contributed by atoms with Crippen LogP contribution in [0.1, 0.15) is 38.8 Å². The standard InChI is InChI=1S/C21H22O5Si/c1-27(2,3)26-12-10-14(17-8-5-9-25-17)18-15(11-12)20(23)13-6-4-7-16(22)19(13)21(18)24/h4-10,14-15,18,22H,11H2,1-3H3/t14-,15+,18-/m1/s1. The second-order valence-corrected chi connectivity index (χ2v) is 12.6. The first-order valence-corrected chi connectivity index (χ1v) is 12.5. The summed E-state index contributed by atoms with van der Waals surface area (Å²) in [5.74, 6) is -0.603. The molecule has 1 heterocycles. The highest BCUT2D eigenvalue weighted by Gasteiger charge is 2.49. The Morgan fingerprint density at radius 1 is 1.11 bits per heavy atom. The minimum Gasteiger partial charge on any atom is -0.548 e. The van der Waals surface area contributed by atoms with Crippen LogP contribution < -0.4 is 0 Å². The second kappa shape index (κ2) is 6.23. The number of fused-ring (bicyclic) bond motifs is 2.